The Kier molecular flexibility index (Phi) is 2.61. The number of allylic oxidation sites excluding steroid dienone is 1. The molecule has 1 rings (SSSR count). The van der Waals surface area contributed by atoms with Crippen molar-refractivity contribution in [3.63, 3.8) is 0 Å². The van der Waals surface area contributed by atoms with E-state index in [1.165, 1.54) is 0 Å². The maximum atomic E-state index is 11.4. The fourth-order valence-electron chi connectivity index (χ4n) is 0.962. The molecule has 0 aromatic carbocycles. The lowest BCUT2D eigenvalue weighted by Crippen LogP contribution is -2.33. The predicted octanol–water partition coefficient (Wildman–Crippen LogP) is -0.904. The van der Waals surface area contributed by atoms with Crippen LogP contribution < -0.4 is 11.1 Å². The number of nitrogens with two attached hydrogens (primary N) is 1. The van der Waals surface area contributed by atoms with Crippen LogP contribution in [0.4, 0.5) is 0 Å². The molecule has 1 amide bonds. The van der Waals surface area contributed by atoms with Crippen LogP contribution in [-0.2, 0) is 14.8 Å². The van der Waals surface area contributed by atoms with Gasteiger partial charge in [0.15, 0.2) is 4.91 Å². The number of carbonyl (C=O) groups is 1. The number of hydrogen-bond donors (Lipinski definition) is 2. The summed E-state index contributed by atoms with van der Waals surface area (Å²) >= 11 is 0. The molecule has 0 saturated carbocycles. The summed E-state index contributed by atoms with van der Waals surface area (Å²) in [5, 5.41) is 2.43. The van der Waals surface area contributed by atoms with Crippen LogP contribution in [0.2, 0.25) is 0 Å². The van der Waals surface area contributed by atoms with Crippen LogP contribution >= 0.6 is 0 Å². The second kappa shape index (κ2) is 3.41. The van der Waals surface area contributed by atoms with Crippen molar-refractivity contribution in [1.29, 1.82) is 0 Å². The van der Waals surface area contributed by atoms with Crippen LogP contribution in [-0.4, -0.2) is 26.6 Å². The number of carbonyl (C=O) groups excluding carboxylic acids is 1. The Morgan fingerprint density at radius 1 is 1.57 bits per heavy atom. The minimum Gasteiger partial charge on any atom is -0.396 e. The van der Waals surface area contributed by atoms with Crippen LogP contribution in [0.3, 0.4) is 0 Å². The highest BCUT2D eigenvalue weighted by atomic mass is 32.2. The molecule has 0 aliphatic carbocycles. The fourth-order valence-corrected chi connectivity index (χ4v) is 1.96. The number of hydrogen-bond acceptors (Lipinski definition) is 4. The molecule has 14 heavy (non-hydrogen) atoms. The largest absolute Gasteiger partial charge is 0.396 e. The zero-order chi connectivity index (χ0) is 10.9. The SMILES string of the molecule is CC(C)NC(=O)C1=C(N)C=NS1(=O)=O. The van der Waals surface area contributed by atoms with Gasteiger partial charge in [-0.15, -0.1) is 0 Å². The van der Waals surface area contributed by atoms with Crippen molar-refractivity contribution in [2.45, 2.75) is 19.9 Å². The first-order chi connectivity index (χ1) is 6.34. The lowest BCUT2D eigenvalue weighted by atomic mass is 10.3. The quantitative estimate of drug-likeness (QED) is 0.625. The third-order valence-electron chi connectivity index (χ3n) is 1.48. The van der Waals surface area contributed by atoms with Gasteiger partial charge in [-0.2, -0.15) is 12.8 Å². The number of nitrogens with zero attached hydrogens (tertiary/aromatic N) is 1. The molecule has 0 atom stereocenters. The van der Waals surface area contributed by atoms with Crippen LogP contribution in [0.1, 0.15) is 13.8 Å². The Morgan fingerprint density at radius 2 is 2.14 bits per heavy atom. The Bertz CT molecular complexity index is 419. The molecule has 3 N–H and O–H groups in total. The summed E-state index contributed by atoms with van der Waals surface area (Å²) in [4.78, 5) is 10.9. The average molecular weight is 217 g/mol. The first kappa shape index (κ1) is 10.7. The molecule has 0 bridgehead atoms. The molecule has 0 saturated heterocycles. The lowest BCUT2D eigenvalue weighted by molar-refractivity contribution is -0.117. The summed E-state index contributed by atoms with van der Waals surface area (Å²) in [6.07, 6.45) is 0.963. The van der Waals surface area contributed by atoms with E-state index < -0.39 is 20.8 Å². The normalized spacial score (nSPS) is 19.1. The fraction of sp³-hybridized carbons (Fsp3) is 0.429. The molecule has 0 aromatic heterocycles. The van der Waals surface area contributed by atoms with Gasteiger partial charge in [0.05, 0.1) is 11.9 Å². The third kappa shape index (κ3) is 1.92. The average Bonchev–Trinajstić information content (AvgIpc) is 2.24. The molecule has 1 aliphatic rings. The zero-order valence-electron chi connectivity index (χ0n) is 7.81. The van der Waals surface area contributed by atoms with Gasteiger partial charge < -0.3 is 11.1 Å². The van der Waals surface area contributed by atoms with Crippen molar-refractivity contribution in [3.05, 3.63) is 10.6 Å². The summed E-state index contributed by atoms with van der Waals surface area (Å²) in [5.41, 5.74) is 5.20. The van der Waals surface area contributed by atoms with Gasteiger partial charge in [0.1, 0.15) is 0 Å². The Morgan fingerprint density at radius 3 is 2.50 bits per heavy atom. The molecular weight excluding hydrogens is 206 g/mol. The zero-order valence-corrected chi connectivity index (χ0v) is 8.63. The van der Waals surface area contributed by atoms with Gasteiger partial charge >= 0.3 is 0 Å². The monoisotopic (exact) mass is 217 g/mol. The van der Waals surface area contributed by atoms with E-state index in [9.17, 15) is 13.2 Å². The van der Waals surface area contributed by atoms with Gasteiger partial charge in [-0.3, -0.25) is 4.79 Å². The molecule has 0 spiro atoms. The van der Waals surface area contributed by atoms with E-state index in [-0.39, 0.29) is 11.7 Å². The van der Waals surface area contributed by atoms with E-state index in [1.54, 1.807) is 13.8 Å². The lowest BCUT2D eigenvalue weighted by Gasteiger charge is -2.08. The molecule has 1 heterocycles. The van der Waals surface area contributed by atoms with E-state index in [0.717, 1.165) is 6.21 Å². The highest BCUT2D eigenvalue weighted by Gasteiger charge is 2.31. The van der Waals surface area contributed by atoms with Crippen molar-refractivity contribution in [3.8, 4) is 0 Å². The summed E-state index contributed by atoms with van der Waals surface area (Å²) < 4.78 is 25.5. The van der Waals surface area contributed by atoms with Gasteiger partial charge in [0, 0.05) is 6.04 Å². The first-order valence-electron chi connectivity index (χ1n) is 3.95. The van der Waals surface area contributed by atoms with Crippen LogP contribution in [0.5, 0.6) is 0 Å². The Labute approximate surface area is 81.9 Å². The minimum absolute atomic E-state index is 0.122. The molecule has 7 heteroatoms. The van der Waals surface area contributed by atoms with E-state index in [4.69, 9.17) is 5.73 Å². The topological polar surface area (TPSA) is 102 Å². The summed E-state index contributed by atoms with van der Waals surface area (Å²) in [5.74, 6) is -0.713. The molecule has 1 aliphatic heterocycles. The maximum absolute atomic E-state index is 11.4. The summed E-state index contributed by atoms with van der Waals surface area (Å²) in [7, 11) is -3.87. The molecule has 0 unspecified atom stereocenters. The number of nitrogens with one attached hydrogen (secondary N) is 1. The second-order valence-electron chi connectivity index (χ2n) is 3.12. The van der Waals surface area contributed by atoms with Gasteiger partial charge in [0.2, 0.25) is 0 Å². The van der Waals surface area contributed by atoms with Gasteiger partial charge in [-0.05, 0) is 13.8 Å². The summed E-state index contributed by atoms with van der Waals surface area (Å²) in [6.45, 7) is 3.44. The Balaban J connectivity index is 3.01. The molecule has 78 valence electrons. The Hall–Kier alpha value is -1.37. The number of rotatable bonds is 2. The maximum Gasteiger partial charge on any atom is 0.289 e. The standard InChI is InChI=1S/C7H11N3O3S/c1-4(2)10-7(11)6-5(8)3-9-14(6,12)13/h3-4H,8H2,1-2H3,(H,10,11). The van der Waals surface area contributed by atoms with Crippen molar-refractivity contribution >= 4 is 22.1 Å². The van der Waals surface area contributed by atoms with Gasteiger partial charge in [-0.25, -0.2) is 0 Å². The van der Waals surface area contributed by atoms with E-state index >= 15 is 0 Å². The van der Waals surface area contributed by atoms with Crippen molar-refractivity contribution in [1.82, 2.24) is 5.32 Å². The second-order valence-corrected chi connectivity index (χ2v) is 4.69. The summed E-state index contributed by atoms with van der Waals surface area (Å²) in [6, 6.07) is -0.154. The van der Waals surface area contributed by atoms with Crippen LogP contribution in [0.25, 0.3) is 0 Å². The predicted molar refractivity (Wildman–Crippen MR) is 51.9 cm³/mol. The number of sulfonamides is 1. The molecular formula is C7H11N3O3S. The first-order valence-corrected chi connectivity index (χ1v) is 5.39. The van der Waals surface area contributed by atoms with Crippen molar-refractivity contribution in [2.75, 3.05) is 0 Å². The highest BCUT2D eigenvalue weighted by Crippen LogP contribution is 2.16. The molecule has 0 aromatic rings. The van der Waals surface area contributed by atoms with E-state index in [1.807, 2.05) is 0 Å². The van der Waals surface area contributed by atoms with Gasteiger partial charge in [-0.1, -0.05) is 0 Å². The minimum atomic E-state index is -3.87. The smallest absolute Gasteiger partial charge is 0.289 e. The van der Waals surface area contributed by atoms with Crippen molar-refractivity contribution in [2.24, 2.45) is 10.1 Å². The van der Waals surface area contributed by atoms with Crippen LogP contribution in [0, 0.1) is 0 Å². The van der Waals surface area contributed by atoms with E-state index in [2.05, 4.69) is 9.71 Å². The van der Waals surface area contributed by atoms with Crippen LogP contribution in [0.15, 0.2) is 15.0 Å². The molecule has 6 nitrogen and oxygen atoms in total. The molecule has 0 radical (unpaired) electrons. The third-order valence-corrected chi connectivity index (χ3v) is 2.80. The molecule has 0 fully saturated rings. The number of amides is 1. The van der Waals surface area contributed by atoms with Crippen molar-refractivity contribution < 1.29 is 13.2 Å². The highest BCUT2D eigenvalue weighted by molar-refractivity contribution is 7.95. The van der Waals surface area contributed by atoms with E-state index in [0.29, 0.717) is 0 Å². The van der Waals surface area contributed by atoms with Gasteiger partial charge in [0.25, 0.3) is 15.9 Å².